The molecule has 0 aromatic carbocycles. The summed E-state index contributed by atoms with van der Waals surface area (Å²) >= 11 is 0. The highest BCUT2D eigenvalue weighted by molar-refractivity contribution is 5.72. The summed E-state index contributed by atoms with van der Waals surface area (Å²) < 4.78 is 0. The molecular formula is C9H17NO3. The number of likely N-dealkylation sites (tertiary alicyclic amines) is 1. The van der Waals surface area contributed by atoms with Crippen LogP contribution in [0.5, 0.6) is 0 Å². The molecule has 1 aliphatic heterocycles. The number of carboxylic acids is 1. The first-order valence-corrected chi connectivity index (χ1v) is 4.73. The average molecular weight is 187 g/mol. The van der Waals surface area contributed by atoms with Crippen LogP contribution in [-0.4, -0.2) is 46.8 Å². The van der Waals surface area contributed by atoms with Crippen molar-refractivity contribution in [1.82, 2.24) is 4.90 Å². The fraction of sp³-hybridized carbons (Fsp3) is 0.889. The molecule has 2 N–H and O–H groups in total. The number of hydrogen-bond acceptors (Lipinski definition) is 3. The molecule has 0 bridgehead atoms. The molecule has 0 aliphatic carbocycles. The number of piperidine rings is 1. The number of carbonyl (C=O) groups is 1. The van der Waals surface area contributed by atoms with Crippen molar-refractivity contribution in [3.63, 3.8) is 0 Å². The normalized spacial score (nSPS) is 22.9. The summed E-state index contributed by atoms with van der Waals surface area (Å²) in [6.07, 6.45) is 1.82. The number of nitrogens with zero attached hydrogens (tertiary/aromatic N) is 1. The van der Waals surface area contributed by atoms with Crippen molar-refractivity contribution < 1.29 is 15.0 Å². The Morgan fingerprint density at radius 2 is 2.08 bits per heavy atom. The van der Waals surface area contributed by atoms with Crippen molar-refractivity contribution in [3.05, 3.63) is 0 Å². The van der Waals surface area contributed by atoms with Crippen molar-refractivity contribution >= 4 is 5.97 Å². The standard InChI is InChI=1S/C9H17NO3/c1-7(9(12)13)10-4-2-8(6-11)3-5-10/h7-8,11H,2-6H2,1H3,(H,12,13). The molecule has 0 aromatic rings. The van der Waals surface area contributed by atoms with Gasteiger partial charge in [0.05, 0.1) is 0 Å². The van der Waals surface area contributed by atoms with Crippen LogP contribution in [0.1, 0.15) is 19.8 Å². The van der Waals surface area contributed by atoms with E-state index in [9.17, 15) is 4.79 Å². The molecule has 0 amide bonds. The molecular weight excluding hydrogens is 170 g/mol. The second kappa shape index (κ2) is 4.58. The van der Waals surface area contributed by atoms with Crippen LogP contribution in [0.4, 0.5) is 0 Å². The molecule has 1 aliphatic rings. The van der Waals surface area contributed by atoms with Gasteiger partial charge in [-0.05, 0) is 38.8 Å². The monoisotopic (exact) mass is 187 g/mol. The van der Waals surface area contributed by atoms with Crippen molar-refractivity contribution in [3.8, 4) is 0 Å². The molecule has 0 aromatic heterocycles. The van der Waals surface area contributed by atoms with E-state index < -0.39 is 5.97 Å². The fourth-order valence-corrected chi connectivity index (χ4v) is 1.68. The Morgan fingerprint density at radius 3 is 2.46 bits per heavy atom. The highest BCUT2D eigenvalue weighted by Gasteiger charge is 2.25. The van der Waals surface area contributed by atoms with Gasteiger partial charge < -0.3 is 10.2 Å². The summed E-state index contributed by atoms with van der Waals surface area (Å²) in [7, 11) is 0. The Kier molecular flexibility index (Phi) is 3.69. The van der Waals surface area contributed by atoms with Gasteiger partial charge in [-0.2, -0.15) is 0 Å². The zero-order chi connectivity index (χ0) is 9.84. The lowest BCUT2D eigenvalue weighted by atomic mass is 9.97. The fourth-order valence-electron chi connectivity index (χ4n) is 1.68. The highest BCUT2D eigenvalue weighted by Crippen LogP contribution is 2.18. The van der Waals surface area contributed by atoms with E-state index in [0.717, 1.165) is 25.9 Å². The van der Waals surface area contributed by atoms with E-state index in [2.05, 4.69) is 0 Å². The van der Waals surface area contributed by atoms with Crippen molar-refractivity contribution in [2.45, 2.75) is 25.8 Å². The van der Waals surface area contributed by atoms with Crippen LogP contribution < -0.4 is 0 Å². The van der Waals surface area contributed by atoms with Gasteiger partial charge in [0.15, 0.2) is 0 Å². The van der Waals surface area contributed by atoms with Gasteiger partial charge >= 0.3 is 5.97 Å². The number of rotatable bonds is 3. The maximum atomic E-state index is 10.7. The lowest BCUT2D eigenvalue weighted by molar-refractivity contribution is -0.143. The van der Waals surface area contributed by atoms with Crippen LogP contribution in [0.3, 0.4) is 0 Å². The van der Waals surface area contributed by atoms with Gasteiger partial charge in [-0.25, -0.2) is 0 Å². The van der Waals surface area contributed by atoms with Crippen molar-refractivity contribution in [2.75, 3.05) is 19.7 Å². The summed E-state index contributed by atoms with van der Waals surface area (Å²) in [4.78, 5) is 12.6. The van der Waals surface area contributed by atoms with E-state index in [4.69, 9.17) is 10.2 Å². The van der Waals surface area contributed by atoms with Gasteiger partial charge in [0, 0.05) is 6.61 Å². The molecule has 76 valence electrons. The summed E-state index contributed by atoms with van der Waals surface area (Å²) in [6, 6.07) is -0.389. The summed E-state index contributed by atoms with van der Waals surface area (Å²) in [6.45, 7) is 3.52. The van der Waals surface area contributed by atoms with Crippen LogP contribution in [0.2, 0.25) is 0 Å². The van der Waals surface area contributed by atoms with Gasteiger partial charge in [0.1, 0.15) is 6.04 Å². The molecule has 4 nitrogen and oxygen atoms in total. The van der Waals surface area contributed by atoms with Gasteiger partial charge in [-0.15, -0.1) is 0 Å². The maximum absolute atomic E-state index is 10.7. The largest absolute Gasteiger partial charge is 0.480 e. The van der Waals surface area contributed by atoms with Crippen molar-refractivity contribution in [1.29, 1.82) is 0 Å². The van der Waals surface area contributed by atoms with E-state index in [0.29, 0.717) is 5.92 Å². The summed E-state index contributed by atoms with van der Waals surface area (Å²) in [5.41, 5.74) is 0. The van der Waals surface area contributed by atoms with Gasteiger partial charge in [0.25, 0.3) is 0 Å². The van der Waals surface area contributed by atoms with Crippen LogP contribution in [0.15, 0.2) is 0 Å². The van der Waals surface area contributed by atoms with E-state index >= 15 is 0 Å². The smallest absolute Gasteiger partial charge is 0.320 e. The first-order valence-electron chi connectivity index (χ1n) is 4.73. The van der Waals surface area contributed by atoms with Crippen LogP contribution in [0.25, 0.3) is 0 Å². The number of carboxylic acid groups (broad SMARTS) is 1. The lowest BCUT2D eigenvalue weighted by Crippen LogP contribution is -2.44. The zero-order valence-electron chi connectivity index (χ0n) is 7.94. The molecule has 0 saturated carbocycles. The molecule has 1 rings (SSSR count). The quantitative estimate of drug-likeness (QED) is 0.661. The predicted octanol–water partition coefficient (Wildman–Crippen LogP) is 0.164. The Labute approximate surface area is 78.2 Å². The average Bonchev–Trinajstić information content (AvgIpc) is 2.17. The molecule has 1 fully saturated rings. The molecule has 1 heterocycles. The first-order chi connectivity index (χ1) is 6.15. The van der Waals surface area contributed by atoms with E-state index in [1.54, 1.807) is 6.92 Å². The number of aliphatic carboxylic acids is 1. The predicted molar refractivity (Wildman–Crippen MR) is 48.5 cm³/mol. The molecule has 1 saturated heterocycles. The first kappa shape index (κ1) is 10.5. The highest BCUT2D eigenvalue weighted by atomic mass is 16.4. The summed E-state index contributed by atoms with van der Waals surface area (Å²) in [5, 5.41) is 17.7. The minimum atomic E-state index is -0.762. The Balaban J connectivity index is 2.36. The lowest BCUT2D eigenvalue weighted by Gasteiger charge is -2.33. The molecule has 4 heteroatoms. The molecule has 0 radical (unpaired) electrons. The van der Waals surface area contributed by atoms with E-state index in [1.165, 1.54) is 0 Å². The topological polar surface area (TPSA) is 60.8 Å². The van der Waals surface area contributed by atoms with E-state index in [1.807, 2.05) is 4.90 Å². The van der Waals surface area contributed by atoms with Gasteiger partial charge in [-0.1, -0.05) is 0 Å². The minimum Gasteiger partial charge on any atom is -0.480 e. The van der Waals surface area contributed by atoms with Gasteiger partial charge in [-0.3, -0.25) is 9.69 Å². The minimum absolute atomic E-state index is 0.231. The molecule has 1 unspecified atom stereocenters. The maximum Gasteiger partial charge on any atom is 0.320 e. The SMILES string of the molecule is CC(C(=O)O)N1CCC(CO)CC1. The third kappa shape index (κ3) is 2.67. The van der Waals surface area contributed by atoms with Crippen LogP contribution >= 0.6 is 0 Å². The third-order valence-corrected chi connectivity index (χ3v) is 2.81. The second-order valence-corrected chi connectivity index (χ2v) is 3.68. The number of aliphatic hydroxyl groups excluding tert-OH is 1. The third-order valence-electron chi connectivity index (χ3n) is 2.81. The van der Waals surface area contributed by atoms with Crippen LogP contribution in [-0.2, 0) is 4.79 Å². The second-order valence-electron chi connectivity index (χ2n) is 3.68. The van der Waals surface area contributed by atoms with Gasteiger partial charge in [0.2, 0.25) is 0 Å². The van der Waals surface area contributed by atoms with Crippen LogP contribution in [0, 0.1) is 5.92 Å². The molecule has 13 heavy (non-hydrogen) atoms. The zero-order valence-corrected chi connectivity index (χ0v) is 7.94. The number of aliphatic hydroxyl groups is 1. The Bertz CT molecular complexity index is 176. The molecule has 0 spiro atoms. The Morgan fingerprint density at radius 1 is 1.54 bits per heavy atom. The number of hydrogen-bond donors (Lipinski definition) is 2. The molecule has 1 atom stereocenters. The van der Waals surface area contributed by atoms with Crippen molar-refractivity contribution in [2.24, 2.45) is 5.92 Å². The summed E-state index contributed by atoms with van der Waals surface area (Å²) in [5.74, 6) is -0.389. The van der Waals surface area contributed by atoms with E-state index in [-0.39, 0.29) is 12.6 Å². The Hall–Kier alpha value is -0.610.